The number of rotatable bonds is 6. The first kappa shape index (κ1) is 15.9. The quantitative estimate of drug-likeness (QED) is 0.749. The Kier molecular flexibility index (Phi) is 5.09. The summed E-state index contributed by atoms with van der Waals surface area (Å²) < 4.78 is 37.8. The molecule has 116 valence electrons. The molecule has 0 aliphatic carbocycles. The molecule has 22 heavy (non-hydrogen) atoms. The summed E-state index contributed by atoms with van der Waals surface area (Å²) in [6, 6.07) is 6.67. The fraction of sp³-hybridized carbons (Fsp3) is 0.235. The van der Waals surface area contributed by atoms with Crippen molar-refractivity contribution < 1.29 is 23.0 Å². The van der Waals surface area contributed by atoms with Gasteiger partial charge in [-0.3, -0.25) is 4.79 Å². The van der Waals surface area contributed by atoms with E-state index in [9.17, 15) is 13.6 Å². The Morgan fingerprint density at radius 3 is 2.00 bits per heavy atom. The lowest BCUT2D eigenvalue weighted by Crippen LogP contribution is -2.01. The second-order valence-corrected chi connectivity index (χ2v) is 4.50. The predicted molar refractivity (Wildman–Crippen MR) is 79.5 cm³/mol. The van der Waals surface area contributed by atoms with Crippen LogP contribution in [-0.2, 0) is 0 Å². The summed E-state index contributed by atoms with van der Waals surface area (Å²) in [6.45, 7) is 4.32. The molecule has 0 atom stereocenters. The molecular weight excluding hydrogens is 290 g/mol. The van der Waals surface area contributed by atoms with Gasteiger partial charge in [-0.25, -0.2) is 8.78 Å². The third-order valence-corrected chi connectivity index (χ3v) is 3.03. The van der Waals surface area contributed by atoms with Crippen molar-refractivity contribution in [2.75, 3.05) is 13.2 Å². The van der Waals surface area contributed by atoms with Crippen LogP contribution in [0.15, 0.2) is 30.3 Å². The van der Waals surface area contributed by atoms with E-state index in [0.29, 0.717) is 47.7 Å². The summed E-state index contributed by atoms with van der Waals surface area (Å²) >= 11 is 0. The number of halogens is 2. The summed E-state index contributed by atoms with van der Waals surface area (Å²) in [4.78, 5) is 11.0. The average Bonchev–Trinajstić information content (AvgIpc) is 2.50. The lowest BCUT2D eigenvalue weighted by atomic mass is 10.0. The van der Waals surface area contributed by atoms with Crippen LogP contribution in [0.25, 0.3) is 11.1 Å². The van der Waals surface area contributed by atoms with Crippen LogP contribution in [0.1, 0.15) is 24.2 Å². The van der Waals surface area contributed by atoms with E-state index in [-0.39, 0.29) is 0 Å². The van der Waals surface area contributed by atoms with Crippen molar-refractivity contribution >= 4 is 6.29 Å². The molecule has 0 unspecified atom stereocenters. The van der Waals surface area contributed by atoms with Gasteiger partial charge in [-0.2, -0.15) is 0 Å². The molecule has 0 fully saturated rings. The molecule has 3 nitrogen and oxygen atoms in total. The van der Waals surface area contributed by atoms with E-state index in [2.05, 4.69) is 0 Å². The van der Waals surface area contributed by atoms with Gasteiger partial charge in [0.1, 0.15) is 17.8 Å². The molecule has 0 N–H and O–H groups in total. The minimum absolute atomic E-state index is 0.366. The maximum absolute atomic E-state index is 13.5. The van der Waals surface area contributed by atoms with Gasteiger partial charge in [-0.1, -0.05) is 6.07 Å². The van der Waals surface area contributed by atoms with Gasteiger partial charge in [-0.05, 0) is 43.7 Å². The van der Waals surface area contributed by atoms with Gasteiger partial charge in [0.2, 0.25) is 0 Å². The number of carbonyl (C=O) groups excluding carboxylic acids is 1. The van der Waals surface area contributed by atoms with Crippen LogP contribution < -0.4 is 9.47 Å². The highest BCUT2D eigenvalue weighted by Gasteiger charge is 2.17. The Morgan fingerprint density at radius 1 is 0.955 bits per heavy atom. The number of benzene rings is 2. The minimum Gasteiger partial charge on any atom is -0.493 e. The number of aldehydes is 1. The normalized spacial score (nSPS) is 10.4. The zero-order valence-electron chi connectivity index (χ0n) is 12.4. The number of hydrogen-bond acceptors (Lipinski definition) is 3. The third-order valence-electron chi connectivity index (χ3n) is 3.03. The van der Waals surface area contributed by atoms with Gasteiger partial charge < -0.3 is 9.47 Å². The zero-order chi connectivity index (χ0) is 16.1. The van der Waals surface area contributed by atoms with Gasteiger partial charge in [-0.15, -0.1) is 0 Å². The van der Waals surface area contributed by atoms with Crippen molar-refractivity contribution in [1.29, 1.82) is 0 Å². The molecule has 0 spiro atoms. The second kappa shape index (κ2) is 7.02. The SMILES string of the molecule is CCOc1cc(C=O)cc(OCC)c1-c1ccc(F)c(F)c1. The first-order chi connectivity index (χ1) is 10.6. The largest absolute Gasteiger partial charge is 0.493 e. The lowest BCUT2D eigenvalue weighted by Gasteiger charge is -2.16. The molecule has 0 saturated heterocycles. The van der Waals surface area contributed by atoms with Gasteiger partial charge in [0.05, 0.1) is 18.8 Å². The van der Waals surface area contributed by atoms with E-state index in [1.165, 1.54) is 6.07 Å². The Hall–Kier alpha value is -2.43. The first-order valence-corrected chi connectivity index (χ1v) is 6.94. The molecule has 0 aliphatic heterocycles. The van der Waals surface area contributed by atoms with Crippen LogP contribution >= 0.6 is 0 Å². The van der Waals surface area contributed by atoms with Crippen LogP contribution in [0.3, 0.4) is 0 Å². The predicted octanol–water partition coefficient (Wildman–Crippen LogP) is 4.24. The van der Waals surface area contributed by atoms with Gasteiger partial charge in [0, 0.05) is 5.56 Å². The molecule has 0 heterocycles. The minimum atomic E-state index is -0.957. The molecule has 0 amide bonds. The lowest BCUT2D eigenvalue weighted by molar-refractivity contribution is 0.112. The summed E-state index contributed by atoms with van der Waals surface area (Å²) in [6.07, 6.45) is 0.681. The molecule has 2 aromatic rings. The summed E-state index contributed by atoms with van der Waals surface area (Å²) in [5.74, 6) is -1.10. The van der Waals surface area contributed by atoms with Crippen LogP contribution in [0.5, 0.6) is 11.5 Å². The monoisotopic (exact) mass is 306 g/mol. The zero-order valence-corrected chi connectivity index (χ0v) is 12.4. The van der Waals surface area contributed by atoms with Crippen molar-refractivity contribution in [3.05, 3.63) is 47.5 Å². The van der Waals surface area contributed by atoms with Gasteiger partial charge in [0.15, 0.2) is 11.6 Å². The van der Waals surface area contributed by atoms with Crippen molar-refractivity contribution in [2.24, 2.45) is 0 Å². The van der Waals surface area contributed by atoms with Gasteiger partial charge in [0.25, 0.3) is 0 Å². The van der Waals surface area contributed by atoms with Crippen LogP contribution in [0.4, 0.5) is 8.78 Å². The van der Waals surface area contributed by atoms with Crippen molar-refractivity contribution in [3.63, 3.8) is 0 Å². The summed E-state index contributed by atoms with van der Waals surface area (Å²) in [5, 5.41) is 0. The number of carbonyl (C=O) groups is 1. The summed E-state index contributed by atoms with van der Waals surface area (Å²) in [5.41, 5.74) is 1.30. The second-order valence-electron chi connectivity index (χ2n) is 4.50. The molecule has 5 heteroatoms. The Morgan fingerprint density at radius 2 is 1.55 bits per heavy atom. The van der Waals surface area contributed by atoms with E-state index in [0.717, 1.165) is 12.1 Å². The molecule has 0 aromatic heterocycles. The smallest absolute Gasteiger partial charge is 0.159 e. The van der Waals surface area contributed by atoms with E-state index in [4.69, 9.17) is 9.47 Å². The van der Waals surface area contributed by atoms with Crippen LogP contribution in [0, 0.1) is 11.6 Å². The molecule has 0 radical (unpaired) electrons. The Bertz CT molecular complexity index is 657. The standard InChI is InChI=1S/C17H16F2O3/c1-3-21-15-7-11(10-20)8-16(22-4-2)17(15)12-5-6-13(18)14(19)9-12/h5-10H,3-4H2,1-2H3. The molecule has 0 saturated carbocycles. The van der Waals surface area contributed by atoms with Gasteiger partial charge >= 0.3 is 0 Å². The van der Waals surface area contributed by atoms with Crippen LogP contribution in [0.2, 0.25) is 0 Å². The molecular formula is C17H16F2O3. The molecule has 0 aliphatic rings. The molecule has 2 aromatic carbocycles. The summed E-state index contributed by atoms with van der Waals surface area (Å²) in [7, 11) is 0. The van der Waals surface area contributed by atoms with Crippen molar-refractivity contribution in [2.45, 2.75) is 13.8 Å². The average molecular weight is 306 g/mol. The van der Waals surface area contributed by atoms with Crippen molar-refractivity contribution in [3.8, 4) is 22.6 Å². The maximum atomic E-state index is 13.5. The molecule has 2 rings (SSSR count). The van der Waals surface area contributed by atoms with E-state index < -0.39 is 11.6 Å². The third kappa shape index (κ3) is 3.24. The Balaban J connectivity index is 2.68. The fourth-order valence-electron chi connectivity index (χ4n) is 2.15. The highest BCUT2D eigenvalue weighted by molar-refractivity contribution is 5.84. The van der Waals surface area contributed by atoms with E-state index >= 15 is 0 Å². The van der Waals surface area contributed by atoms with Crippen molar-refractivity contribution in [1.82, 2.24) is 0 Å². The highest BCUT2D eigenvalue weighted by Crippen LogP contribution is 2.40. The number of hydrogen-bond donors (Lipinski definition) is 0. The fourth-order valence-corrected chi connectivity index (χ4v) is 2.15. The maximum Gasteiger partial charge on any atom is 0.159 e. The van der Waals surface area contributed by atoms with E-state index in [1.807, 2.05) is 0 Å². The highest BCUT2D eigenvalue weighted by atomic mass is 19.2. The topological polar surface area (TPSA) is 35.5 Å². The molecule has 0 bridgehead atoms. The number of ether oxygens (including phenoxy) is 2. The van der Waals surface area contributed by atoms with Crippen LogP contribution in [-0.4, -0.2) is 19.5 Å². The first-order valence-electron chi connectivity index (χ1n) is 6.94. The van der Waals surface area contributed by atoms with E-state index in [1.54, 1.807) is 26.0 Å². The Labute approximate surface area is 127 Å².